The maximum absolute atomic E-state index is 13.0. The molecule has 3 rings (SSSR count). The first-order valence-electron chi connectivity index (χ1n) is 11.4. The number of halogens is 1. The standard InChI is InChI=1S/C26H26ClN3O6S/c1-4-35-17-9-7-16(8-10-17)29-21(31)14-37-25-18(13-28)22(23(24(32)30-25)26(33)34-3)15-6-11-20(36-5-2)19(27)12-15/h6-12,22-23H,4-5,14H2,1-3H3,(H,29,31)(H,30,32)/t22-,23-/m0/s1. The molecule has 11 heteroatoms. The summed E-state index contributed by atoms with van der Waals surface area (Å²) in [5.74, 6) is -3.02. The van der Waals surface area contributed by atoms with E-state index in [0.717, 1.165) is 11.8 Å². The van der Waals surface area contributed by atoms with Gasteiger partial charge in [-0.25, -0.2) is 0 Å². The molecule has 37 heavy (non-hydrogen) atoms. The minimum atomic E-state index is -1.31. The fourth-order valence-electron chi connectivity index (χ4n) is 3.80. The first kappa shape index (κ1) is 27.9. The van der Waals surface area contributed by atoms with E-state index in [4.69, 9.17) is 25.8 Å². The highest BCUT2D eigenvalue weighted by Gasteiger charge is 2.44. The van der Waals surface area contributed by atoms with E-state index in [1.54, 1.807) is 42.5 Å². The molecule has 2 aromatic rings. The van der Waals surface area contributed by atoms with Gasteiger partial charge in [0.25, 0.3) is 0 Å². The summed E-state index contributed by atoms with van der Waals surface area (Å²) in [7, 11) is 1.17. The summed E-state index contributed by atoms with van der Waals surface area (Å²) in [4.78, 5) is 38.1. The second-order valence-electron chi connectivity index (χ2n) is 7.74. The molecule has 0 radical (unpaired) electrons. The number of hydrogen-bond acceptors (Lipinski definition) is 8. The van der Waals surface area contributed by atoms with Crippen LogP contribution in [0.15, 0.2) is 53.1 Å². The molecule has 2 amide bonds. The number of benzene rings is 2. The molecule has 1 aliphatic heterocycles. The average molecular weight is 544 g/mol. The minimum absolute atomic E-state index is 0.0896. The zero-order valence-corrected chi connectivity index (χ0v) is 22.1. The Balaban J connectivity index is 1.86. The van der Waals surface area contributed by atoms with Crippen molar-refractivity contribution in [1.82, 2.24) is 5.32 Å². The van der Waals surface area contributed by atoms with Crippen molar-refractivity contribution in [3.8, 4) is 17.6 Å². The van der Waals surface area contributed by atoms with Crippen molar-refractivity contribution >= 4 is 46.8 Å². The molecule has 0 unspecified atom stereocenters. The summed E-state index contributed by atoms with van der Waals surface area (Å²) < 4.78 is 15.7. The lowest BCUT2D eigenvalue weighted by molar-refractivity contribution is -0.150. The topological polar surface area (TPSA) is 127 Å². The van der Waals surface area contributed by atoms with Crippen molar-refractivity contribution in [2.45, 2.75) is 19.8 Å². The molecule has 2 N–H and O–H groups in total. The van der Waals surface area contributed by atoms with Crippen LogP contribution in [0.3, 0.4) is 0 Å². The fraction of sp³-hybridized carbons (Fsp3) is 0.308. The maximum atomic E-state index is 13.0. The van der Waals surface area contributed by atoms with E-state index in [-0.39, 0.29) is 27.3 Å². The predicted molar refractivity (Wildman–Crippen MR) is 140 cm³/mol. The van der Waals surface area contributed by atoms with Gasteiger partial charge in [-0.1, -0.05) is 29.4 Å². The molecule has 0 spiro atoms. The molecule has 2 aromatic carbocycles. The highest BCUT2D eigenvalue weighted by atomic mass is 35.5. The number of amides is 2. The molecule has 1 heterocycles. The quantitative estimate of drug-likeness (QED) is 0.336. The molecule has 0 aliphatic carbocycles. The molecule has 194 valence electrons. The van der Waals surface area contributed by atoms with Crippen molar-refractivity contribution in [1.29, 1.82) is 5.26 Å². The summed E-state index contributed by atoms with van der Waals surface area (Å²) >= 11 is 7.34. The van der Waals surface area contributed by atoms with Gasteiger partial charge in [0.2, 0.25) is 11.8 Å². The predicted octanol–water partition coefficient (Wildman–Crippen LogP) is 4.25. The van der Waals surface area contributed by atoms with Crippen molar-refractivity contribution in [3.05, 3.63) is 63.7 Å². The number of esters is 1. The van der Waals surface area contributed by atoms with Gasteiger partial charge in [-0.3, -0.25) is 14.4 Å². The average Bonchev–Trinajstić information content (AvgIpc) is 2.89. The highest BCUT2D eigenvalue weighted by Crippen LogP contribution is 2.42. The Morgan fingerprint density at radius 2 is 1.84 bits per heavy atom. The van der Waals surface area contributed by atoms with Gasteiger partial charge in [-0.2, -0.15) is 5.26 Å². The first-order valence-corrected chi connectivity index (χ1v) is 12.8. The molecule has 0 aromatic heterocycles. The van der Waals surface area contributed by atoms with E-state index in [9.17, 15) is 19.6 Å². The molecule has 0 saturated heterocycles. The van der Waals surface area contributed by atoms with Gasteiger partial charge in [0.1, 0.15) is 17.4 Å². The van der Waals surface area contributed by atoms with E-state index in [1.165, 1.54) is 7.11 Å². The number of nitrogens with zero attached hydrogens (tertiary/aromatic N) is 1. The molecular formula is C26H26ClN3O6S. The Morgan fingerprint density at radius 3 is 2.43 bits per heavy atom. The van der Waals surface area contributed by atoms with Crippen molar-refractivity contribution in [2.24, 2.45) is 5.92 Å². The molecule has 2 atom stereocenters. The Bertz CT molecular complexity index is 1240. The molecule has 9 nitrogen and oxygen atoms in total. The van der Waals surface area contributed by atoms with E-state index in [2.05, 4.69) is 16.7 Å². The third-order valence-corrected chi connectivity index (χ3v) is 6.71. The normalized spacial score (nSPS) is 16.9. The van der Waals surface area contributed by atoms with E-state index < -0.39 is 23.7 Å². The Kier molecular flexibility index (Phi) is 9.83. The van der Waals surface area contributed by atoms with Gasteiger partial charge >= 0.3 is 5.97 Å². The van der Waals surface area contributed by atoms with E-state index >= 15 is 0 Å². The third-order valence-electron chi connectivity index (χ3n) is 5.40. The second kappa shape index (κ2) is 13.0. The summed E-state index contributed by atoms with van der Waals surface area (Å²) in [5, 5.41) is 15.8. The fourth-order valence-corrected chi connectivity index (χ4v) is 4.89. The first-order chi connectivity index (χ1) is 17.8. The smallest absolute Gasteiger partial charge is 0.319 e. The third kappa shape index (κ3) is 6.76. The van der Waals surface area contributed by atoms with Crippen LogP contribution in [0.5, 0.6) is 11.5 Å². The number of rotatable bonds is 10. The summed E-state index contributed by atoms with van der Waals surface area (Å²) in [6, 6.07) is 13.8. The van der Waals surface area contributed by atoms with Gasteiger partial charge in [0, 0.05) is 11.6 Å². The molecule has 0 bridgehead atoms. The van der Waals surface area contributed by atoms with Crippen LogP contribution in [-0.4, -0.2) is 43.9 Å². The molecular weight excluding hydrogens is 518 g/mol. The number of allylic oxidation sites excluding steroid dienone is 1. The summed E-state index contributed by atoms with van der Waals surface area (Å²) in [6.45, 7) is 4.63. The van der Waals surface area contributed by atoms with Crippen LogP contribution in [0.2, 0.25) is 5.02 Å². The SMILES string of the molecule is CCOc1ccc(NC(=O)CSC2=C(C#N)[C@H](c3ccc(OCC)c(Cl)c3)[C@H](C(=O)OC)C(=O)N2)cc1. The largest absolute Gasteiger partial charge is 0.494 e. The van der Waals surface area contributed by atoms with Crippen molar-refractivity contribution < 1.29 is 28.6 Å². The zero-order valence-electron chi connectivity index (χ0n) is 20.5. The number of methoxy groups -OCH3 is 1. The monoisotopic (exact) mass is 543 g/mol. The Morgan fingerprint density at radius 1 is 1.14 bits per heavy atom. The lowest BCUT2D eigenvalue weighted by atomic mass is 9.78. The van der Waals surface area contributed by atoms with Crippen LogP contribution in [-0.2, 0) is 19.1 Å². The zero-order chi connectivity index (χ0) is 26.9. The number of ether oxygens (including phenoxy) is 3. The lowest BCUT2D eigenvalue weighted by Gasteiger charge is -2.31. The van der Waals surface area contributed by atoms with Gasteiger partial charge in [0.05, 0.1) is 47.8 Å². The lowest BCUT2D eigenvalue weighted by Crippen LogP contribution is -2.44. The summed E-state index contributed by atoms with van der Waals surface area (Å²) in [6.07, 6.45) is 0. The van der Waals surface area contributed by atoms with Crippen LogP contribution in [0, 0.1) is 17.2 Å². The van der Waals surface area contributed by atoms with Crippen LogP contribution in [0.4, 0.5) is 5.69 Å². The number of nitriles is 1. The number of thioether (sulfide) groups is 1. The number of nitrogens with one attached hydrogen (secondary N) is 2. The van der Waals surface area contributed by atoms with Crippen LogP contribution in [0.1, 0.15) is 25.3 Å². The van der Waals surface area contributed by atoms with Gasteiger partial charge in [0.15, 0.2) is 0 Å². The van der Waals surface area contributed by atoms with Gasteiger partial charge < -0.3 is 24.8 Å². The Hall–Kier alpha value is -3.68. The van der Waals surface area contributed by atoms with Crippen LogP contribution >= 0.6 is 23.4 Å². The van der Waals surface area contributed by atoms with E-state index in [1.807, 2.05) is 13.8 Å². The number of anilines is 1. The molecule has 1 aliphatic rings. The number of carbonyl (C=O) groups is 3. The molecule has 0 fully saturated rings. The Labute approximate surface area is 224 Å². The van der Waals surface area contributed by atoms with Crippen molar-refractivity contribution in [3.63, 3.8) is 0 Å². The van der Waals surface area contributed by atoms with Gasteiger partial charge in [-0.15, -0.1) is 0 Å². The maximum Gasteiger partial charge on any atom is 0.319 e. The second-order valence-corrected chi connectivity index (χ2v) is 9.13. The minimum Gasteiger partial charge on any atom is -0.494 e. The van der Waals surface area contributed by atoms with Crippen molar-refractivity contribution in [2.75, 3.05) is 31.4 Å². The molecule has 0 saturated carbocycles. The van der Waals surface area contributed by atoms with Crippen LogP contribution < -0.4 is 20.1 Å². The summed E-state index contributed by atoms with van der Waals surface area (Å²) in [5.41, 5.74) is 1.16. The van der Waals surface area contributed by atoms with Crippen LogP contribution in [0.25, 0.3) is 0 Å². The number of hydrogen-bond donors (Lipinski definition) is 2. The van der Waals surface area contributed by atoms with Gasteiger partial charge in [-0.05, 0) is 55.8 Å². The van der Waals surface area contributed by atoms with E-state index in [0.29, 0.717) is 36.0 Å². The number of carbonyl (C=O) groups excluding carboxylic acids is 3. The highest BCUT2D eigenvalue weighted by molar-refractivity contribution is 8.03.